The number of esters is 1. The second-order valence-electron chi connectivity index (χ2n) is 8.49. The Morgan fingerprint density at radius 1 is 1.17 bits per heavy atom. The molecule has 2 aromatic carbocycles. The van der Waals surface area contributed by atoms with Crippen LogP contribution < -0.4 is 9.80 Å². The molecule has 2 amide bonds. The fourth-order valence-corrected chi connectivity index (χ4v) is 4.15. The minimum atomic E-state index is -0.568. The third-order valence-electron chi connectivity index (χ3n) is 6.06. The summed E-state index contributed by atoms with van der Waals surface area (Å²) in [6.07, 6.45) is -1.03. The highest BCUT2D eigenvalue weighted by molar-refractivity contribution is 7.78. The van der Waals surface area contributed by atoms with Crippen LogP contribution in [0.4, 0.5) is 20.6 Å². The molecule has 1 atom stereocenters. The van der Waals surface area contributed by atoms with Crippen molar-refractivity contribution in [1.82, 2.24) is 4.90 Å². The van der Waals surface area contributed by atoms with E-state index in [2.05, 4.69) is 22.4 Å². The van der Waals surface area contributed by atoms with Crippen molar-refractivity contribution in [3.8, 4) is 0 Å². The fourth-order valence-electron chi connectivity index (χ4n) is 4.08. The topological polar surface area (TPSA) is 91.8 Å². The van der Waals surface area contributed by atoms with E-state index in [9.17, 15) is 18.8 Å². The lowest BCUT2D eigenvalue weighted by Gasteiger charge is -2.36. The highest BCUT2D eigenvalue weighted by Crippen LogP contribution is 2.28. The third kappa shape index (κ3) is 5.87. The van der Waals surface area contributed by atoms with Crippen LogP contribution in [0.3, 0.4) is 0 Å². The number of carbonyl (C=O) groups is 3. The Morgan fingerprint density at radius 3 is 2.56 bits per heavy atom. The Kier molecular flexibility index (Phi) is 7.92. The fraction of sp³-hybridized carbons (Fsp3) is 0.360. The number of carbonyl (C=O) groups excluding carboxylic acids is 3. The van der Waals surface area contributed by atoms with Crippen molar-refractivity contribution in [3.05, 3.63) is 59.4 Å². The highest BCUT2D eigenvalue weighted by Gasteiger charge is 2.33. The summed E-state index contributed by atoms with van der Waals surface area (Å²) in [5.41, 5.74) is 2.18. The van der Waals surface area contributed by atoms with Crippen LogP contribution in [0.1, 0.15) is 15.9 Å². The molecular weight excluding hydrogens is 487 g/mol. The summed E-state index contributed by atoms with van der Waals surface area (Å²) >= 11 is 4.53. The molecule has 36 heavy (non-hydrogen) atoms. The lowest BCUT2D eigenvalue weighted by atomic mass is 10.1. The molecular formula is C25H25FN4O5S. The van der Waals surface area contributed by atoms with Gasteiger partial charge < -0.3 is 19.3 Å². The lowest BCUT2D eigenvalue weighted by Crippen LogP contribution is -2.50. The molecule has 0 spiro atoms. The predicted molar refractivity (Wildman–Crippen MR) is 134 cm³/mol. The van der Waals surface area contributed by atoms with Crippen LogP contribution in [0.15, 0.2) is 47.5 Å². The first-order valence-electron chi connectivity index (χ1n) is 11.4. The number of halogens is 1. The Balaban J connectivity index is 1.29. The molecule has 0 N–H and O–H groups in total. The molecule has 188 valence electrons. The van der Waals surface area contributed by atoms with Crippen LogP contribution in [-0.4, -0.2) is 80.0 Å². The van der Waals surface area contributed by atoms with Gasteiger partial charge in [0, 0.05) is 26.2 Å². The molecule has 0 radical (unpaired) electrons. The third-order valence-corrected chi connectivity index (χ3v) is 6.19. The normalized spacial score (nSPS) is 17.4. The van der Waals surface area contributed by atoms with Crippen LogP contribution in [-0.2, 0) is 14.3 Å². The maximum Gasteiger partial charge on any atom is 0.414 e. The average molecular weight is 513 g/mol. The summed E-state index contributed by atoms with van der Waals surface area (Å²) in [5, 5.41) is 2.23. The van der Waals surface area contributed by atoms with E-state index in [0.29, 0.717) is 43.1 Å². The zero-order valence-corrected chi connectivity index (χ0v) is 20.5. The van der Waals surface area contributed by atoms with Crippen LogP contribution in [0.2, 0.25) is 0 Å². The molecule has 2 aliphatic heterocycles. The number of nitrogens with zero attached hydrogens (tertiary/aromatic N) is 4. The van der Waals surface area contributed by atoms with E-state index in [1.165, 1.54) is 11.0 Å². The zero-order chi connectivity index (χ0) is 25.7. The number of amides is 2. The van der Waals surface area contributed by atoms with Crippen LogP contribution >= 0.6 is 12.2 Å². The van der Waals surface area contributed by atoms with E-state index in [1.807, 2.05) is 11.8 Å². The van der Waals surface area contributed by atoms with Gasteiger partial charge in [-0.05, 0) is 49.5 Å². The predicted octanol–water partition coefficient (Wildman–Crippen LogP) is 3.07. The van der Waals surface area contributed by atoms with Crippen molar-refractivity contribution in [3.63, 3.8) is 0 Å². The van der Waals surface area contributed by atoms with Gasteiger partial charge in [-0.2, -0.15) is 0 Å². The molecule has 0 aliphatic carbocycles. The van der Waals surface area contributed by atoms with E-state index in [-0.39, 0.29) is 25.6 Å². The maximum absolute atomic E-state index is 15.0. The van der Waals surface area contributed by atoms with Gasteiger partial charge in [-0.1, -0.05) is 17.7 Å². The summed E-state index contributed by atoms with van der Waals surface area (Å²) in [5.74, 6) is -1.33. The number of aliphatic imine (C=N–C) groups is 1. The minimum absolute atomic E-state index is 0.209. The molecule has 0 saturated carbocycles. The maximum atomic E-state index is 15.0. The SMILES string of the molecule is Cc1ccc(C(=O)OCC(=O)N2CCN(c3ccc(N4CC(CN=C=S)OC4=O)cc3F)CC2)cc1. The Hall–Kier alpha value is -3.82. The van der Waals surface area contributed by atoms with Crippen LogP contribution in [0, 0.1) is 12.7 Å². The van der Waals surface area contributed by atoms with Crippen molar-refractivity contribution in [1.29, 1.82) is 0 Å². The lowest BCUT2D eigenvalue weighted by molar-refractivity contribution is -0.134. The standard InChI is InChI=1S/C25H25FN4O5S/c1-17-2-4-18(5-3-17)24(32)34-15-23(31)29-10-8-28(9-11-29)22-7-6-19(12-21(22)26)30-14-20(13-27-16-36)35-25(30)33/h2-7,12,20H,8-11,13-15H2,1H3. The molecule has 9 nitrogen and oxygen atoms in total. The first-order valence-corrected chi connectivity index (χ1v) is 11.8. The number of hydrogen-bond donors (Lipinski definition) is 0. The number of thiocarbonyl (C=S) groups is 1. The molecule has 2 heterocycles. The summed E-state index contributed by atoms with van der Waals surface area (Å²) in [7, 11) is 0. The first-order chi connectivity index (χ1) is 17.4. The van der Waals surface area contributed by atoms with Gasteiger partial charge in [0.1, 0.15) is 11.9 Å². The number of anilines is 2. The smallest absolute Gasteiger partial charge is 0.414 e. The molecule has 4 rings (SSSR count). The largest absolute Gasteiger partial charge is 0.452 e. The molecule has 2 aliphatic rings. The van der Waals surface area contributed by atoms with Gasteiger partial charge in [0.05, 0.1) is 35.2 Å². The number of aryl methyl sites for hydroxylation is 1. The van der Waals surface area contributed by atoms with E-state index in [1.54, 1.807) is 41.3 Å². The molecule has 2 fully saturated rings. The summed E-state index contributed by atoms with van der Waals surface area (Å²) in [4.78, 5) is 45.4. The van der Waals surface area contributed by atoms with Gasteiger partial charge in [0.15, 0.2) is 6.61 Å². The molecule has 0 bridgehead atoms. The monoisotopic (exact) mass is 512 g/mol. The van der Waals surface area contributed by atoms with Gasteiger partial charge in [0.25, 0.3) is 5.91 Å². The van der Waals surface area contributed by atoms with E-state index in [4.69, 9.17) is 9.47 Å². The Bertz CT molecular complexity index is 1190. The van der Waals surface area contributed by atoms with Crippen molar-refractivity contribution in [2.75, 3.05) is 55.7 Å². The van der Waals surface area contributed by atoms with E-state index < -0.39 is 24.0 Å². The number of benzene rings is 2. The van der Waals surface area contributed by atoms with Crippen LogP contribution in [0.5, 0.6) is 0 Å². The summed E-state index contributed by atoms with van der Waals surface area (Å²) in [6, 6.07) is 11.5. The van der Waals surface area contributed by atoms with Crippen LogP contribution in [0.25, 0.3) is 0 Å². The number of cyclic esters (lactones) is 1. The van der Waals surface area contributed by atoms with Gasteiger partial charge in [-0.15, -0.1) is 0 Å². The number of piperazine rings is 1. The number of isothiocyanates is 1. The Morgan fingerprint density at radius 2 is 1.89 bits per heavy atom. The molecule has 1 unspecified atom stereocenters. The summed E-state index contributed by atoms with van der Waals surface area (Å²) in [6.45, 7) is 3.57. The van der Waals surface area contributed by atoms with Crippen molar-refractivity contribution < 1.29 is 28.2 Å². The Labute approximate surface area is 213 Å². The second kappa shape index (κ2) is 11.3. The summed E-state index contributed by atoms with van der Waals surface area (Å²) < 4.78 is 25.3. The zero-order valence-electron chi connectivity index (χ0n) is 19.7. The van der Waals surface area contributed by atoms with Gasteiger partial charge in [-0.25, -0.2) is 19.0 Å². The van der Waals surface area contributed by atoms with E-state index >= 15 is 0 Å². The van der Waals surface area contributed by atoms with Gasteiger partial charge in [-0.3, -0.25) is 9.69 Å². The molecule has 2 saturated heterocycles. The number of hydrogen-bond acceptors (Lipinski definition) is 8. The first kappa shape index (κ1) is 25.3. The number of rotatable bonds is 7. The highest BCUT2D eigenvalue weighted by atomic mass is 32.1. The van der Waals surface area contributed by atoms with Crippen molar-refractivity contribution >= 4 is 46.7 Å². The van der Waals surface area contributed by atoms with Crippen molar-refractivity contribution in [2.45, 2.75) is 13.0 Å². The molecule has 0 aromatic heterocycles. The minimum Gasteiger partial charge on any atom is -0.452 e. The van der Waals surface area contributed by atoms with E-state index in [0.717, 1.165) is 5.56 Å². The molecule has 11 heteroatoms. The van der Waals surface area contributed by atoms with Gasteiger partial charge in [0.2, 0.25) is 0 Å². The molecule has 2 aromatic rings. The average Bonchev–Trinajstić information content (AvgIpc) is 3.26. The van der Waals surface area contributed by atoms with Gasteiger partial charge >= 0.3 is 12.1 Å². The van der Waals surface area contributed by atoms with Crippen molar-refractivity contribution in [2.24, 2.45) is 4.99 Å². The number of ether oxygens (including phenoxy) is 2. The second-order valence-corrected chi connectivity index (χ2v) is 8.68. The quantitative estimate of drug-likeness (QED) is 0.320.